The van der Waals surface area contributed by atoms with E-state index in [1.54, 1.807) is 26.4 Å². The van der Waals surface area contributed by atoms with Gasteiger partial charge in [0, 0.05) is 45.8 Å². The van der Waals surface area contributed by atoms with E-state index in [4.69, 9.17) is 23.4 Å². The highest BCUT2D eigenvalue weighted by Crippen LogP contribution is 2.33. The minimum Gasteiger partial charge on any atom is -0.493 e. The van der Waals surface area contributed by atoms with E-state index < -0.39 is 0 Å². The van der Waals surface area contributed by atoms with Crippen LogP contribution in [-0.2, 0) is 26.2 Å². The van der Waals surface area contributed by atoms with Crippen molar-refractivity contribution >= 4 is 5.91 Å². The third-order valence-corrected chi connectivity index (χ3v) is 7.90. The molecular formula is C34H36FN3O6. The fraction of sp³-hybridized carbons (Fsp3) is 0.324. The van der Waals surface area contributed by atoms with Gasteiger partial charge in [-0.25, -0.2) is 4.39 Å². The van der Waals surface area contributed by atoms with Crippen LogP contribution in [0.15, 0.2) is 77.2 Å². The number of amides is 1. The van der Waals surface area contributed by atoms with Crippen molar-refractivity contribution in [3.05, 3.63) is 107 Å². The smallest absolute Gasteiger partial charge is 0.289 e. The molecule has 0 unspecified atom stereocenters. The molecule has 2 aliphatic rings. The van der Waals surface area contributed by atoms with Crippen LogP contribution in [-0.4, -0.2) is 67.8 Å². The van der Waals surface area contributed by atoms with Crippen LogP contribution in [0.2, 0.25) is 0 Å². The van der Waals surface area contributed by atoms with Gasteiger partial charge < -0.3 is 28.3 Å². The topological polar surface area (TPSA) is 76.9 Å². The number of fused-ring (bicyclic) bond motifs is 1. The molecule has 0 saturated carbocycles. The molecule has 0 radical (unpaired) electrons. The van der Waals surface area contributed by atoms with E-state index in [0.717, 1.165) is 47.8 Å². The number of carbonyl (C=O) groups is 1. The first-order valence-electron chi connectivity index (χ1n) is 14.6. The Bertz CT molecular complexity index is 1600. The summed E-state index contributed by atoms with van der Waals surface area (Å²) in [4.78, 5) is 19.6. The molecule has 230 valence electrons. The minimum absolute atomic E-state index is 0.115. The quantitative estimate of drug-likeness (QED) is 0.229. The van der Waals surface area contributed by atoms with Crippen LogP contribution < -0.4 is 18.9 Å². The van der Waals surface area contributed by atoms with Gasteiger partial charge in [0.2, 0.25) is 6.79 Å². The summed E-state index contributed by atoms with van der Waals surface area (Å²) in [6.07, 6.45) is 0. The Kier molecular flexibility index (Phi) is 8.99. The van der Waals surface area contributed by atoms with Gasteiger partial charge >= 0.3 is 0 Å². The molecule has 3 heterocycles. The van der Waals surface area contributed by atoms with Crippen LogP contribution in [0.3, 0.4) is 0 Å². The Morgan fingerprint density at radius 1 is 0.795 bits per heavy atom. The van der Waals surface area contributed by atoms with E-state index in [1.807, 2.05) is 47.4 Å². The number of nitrogens with zero attached hydrogens (tertiary/aromatic N) is 3. The van der Waals surface area contributed by atoms with Gasteiger partial charge in [-0.3, -0.25) is 14.6 Å². The van der Waals surface area contributed by atoms with Crippen LogP contribution in [0.4, 0.5) is 4.39 Å². The van der Waals surface area contributed by atoms with E-state index >= 15 is 0 Å². The van der Waals surface area contributed by atoms with Gasteiger partial charge in [-0.1, -0.05) is 24.3 Å². The van der Waals surface area contributed by atoms with Gasteiger partial charge in [0.1, 0.15) is 11.6 Å². The molecule has 2 aliphatic heterocycles. The molecule has 1 aromatic heterocycles. The van der Waals surface area contributed by atoms with E-state index in [-0.39, 0.29) is 18.5 Å². The Morgan fingerprint density at radius 2 is 1.55 bits per heavy atom. The minimum atomic E-state index is -0.282. The van der Waals surface area contributed by atoms with Gasteiger partial charge in [-0.05, 0) is 65.2 Å². The zero-order chi connectivity index (χ0) is 30.5. The number of rotatable bonds is 11. The number of methoxy groups -OCH3 is 2. The van der Waals surface area contributed by atoms with Gasteiger partial charge in [-0.15, -0.1) is 0 Å². The highest BCUT2D eigenvalue weighted by atomic mass is 19.1. The lowest BCUT2D eigenvalue weighted by molar-refractivity contribution is 0.0594. The molecule has 10 heteroatoms. The van der Waals surface area contributed by atoms with Crippen LogP contribution in [0.1, 0.15) is 33.0 Å². The number of benzene rings is 3. The molecule has 9 nitrogen and oxygen atoms in total. The zero-order valence-electron chi connectivity index (χ0n) is 25.0. The lowest BCUT2D eigenvalue weighted by atomic mass is 10.1. The summed E-state index contributed by atoms with van der Waals surface area (Å²) in [6.45, 7) is 5.27. The van der Waals surface area contributed by atoms with Crippen molar-refractivity contribution in [2.75, 3.05) is 47.2 Å². The van der Waals surface area contributed by atoms with Crippen LogP contribution in [0, 0.1) is 5.82 Å². The second-order valence-electron chi connectivity index (χ2n) is 11.0. The van der Waals surface area contributed by atoms with Crippen molar-refractivity contribution in [3.8, 4) is 23.0 Å². The van der Waals surface area contributed by atoms with Gasteiger partial charge in [0.25, 0.3) is 5.91 Å². The van der Waals surface area contributed by atoms with Crippen molar-refractivity contribution in [1.29, 1.82) is 0 Å². The lowest BCUT2D eigenvalue weighted by Gasteiger charge is -2.34. The standard InChI is InChI=1S/C34H36FN3O6/c1-40-29-9-6-25(17-32(29)41-2)21-37(20-24-4-3-5-27(35)16-24)22-28-8-11-31(44-28)34(39)38-14-12-36(13-15-38)19-26-7-10-30-33(18-26)43-23-42-30/h3-11,16-18H,12-15,19-23H2,1-2H3. The number of ether oxygens (including phenoxy) is 4. The number of hydrogen-bond donors (Lipinski definition) is 0. The van der Waals surface area contributed by atoms with Gasteiger partial charge in [0.05, 0.1) is 20.8 Å². The summed E-state index contributed by atoms with van der Waals surface area (Å²) in [5, 5.41) is 0. The summed E-state index contributed by atoms with van der Waals surface area (Å²) in [5.41, 5.74) is 2.99. The maximum absolute atomic E-state index is 14.0. The molecule has 0 bridgehead atoms. The fourth-order valence-corrected chi connectivity index (χ4v) is 5.66. The number of hydrogen-bond acceptors (Lipinski definition) is 8. The number of carbonyl (C=O) groups excluding carboxylic acids is 1. The van der Waals surface area contributed by atoms with Crippen molar-refractivity contribution < 1.29 is 32.5 Å². The molecule has 0 N–H and O–H groups in total. The fourth-order valence-electron chi connectivity index (χ4n) is 5.66. The highest BCUT2D eigenvalue weighted by molar-refractivity contribution is 5.91. The average Bonchev–Trinajstić information content (AvgIpc) is 3.70. The number of piperazine rings is 1. The van der Waals surface area contributed by atoms with E-state index in [0.29, 0.717) is 55.7 Å². The number of furan rings is 1. The predicted octanol–water partition coefficient (Wildman–Crippen LogP) is 5.33. The molecule has 1 amide bonds. The van der Waals surface area contributed by atoms with Gasteiger partial charge in [-0.2, -0.15) is 0 Å². The van der Waals surface area contributed by atoms with E-state index in [9.17, 15) is 9.18 Å². The van der Waals surface area contributed by atoms with Crippen molar-refractivity contribution in [2.45, 2.75) is 26.2 Å². The molecule has 4 aromatic rings. The van der Waals surface area contributed by atoms with E-state index in [1.165, 1.54) is 12.1 Å². The first-order valence-corrected chi connectivity index (χ1v) is 14.6. The second-order valence-corrected chi connectivity index (χ2v) is 11.0. The number of halogens is 1. The monoisotopic (exact) mass is 601 g/mol. The molecule has 0 aliphatic carbocycles. The summed E-state index contributed by atoms with van der Waals surface area (Å²) in [7, 11) is 3.21. The largest absolute Gasteiger partial charge is 0.493 e. The third-order valence-electron chi connectivity index (χ3n) is 7.90. The summed E-state index contributed by atoms with van der Waals surface area (Å²) >= 11 is 0. The van der Waals surface area contributed by atoms with Crippen LogP contribution in [0.25, 0.3) is 0 Å². The highest BCUT2D eigenvalue weighted by Gasteiger charge is 2.25. The maximum Gasteiger partial charge on any atom is 0.289 e. The third kappa shape index (κ3) is 6.98. The molecule has 0 spiro atoms. The van der Waals surface area contributed by atoms with E-state index in [2.05, 4.69) is 15.9 Å². The Balaban J connectivity index is 1.09. The molecule has 1 saturated heterocycles. The summed E-state index contributed by atoms with van der Waals surface area (Å²) < 4.78 is 41.8. The van der Waals surface area contributed by atoms with Crippen molar-refractivity contribution in [2.24, 2.45) is 0 Å². The Hall–Kier alpha value is -4.54. The molecule has 44 heavy (non-hydrogen) atoms. The average molecular weight is 602 g/mol. The predicted molar refractivity (Wildman–Crippen MR) is 161 cm³/mol. The molecule has 6 rings (SSSR count). The zero-order valence-corrected chi connectivity index (χ0v) is 25.0. The van der Waals surface area contributed by atoms with Crippen LogP contribution in [0.5, 0.6) is 23.0 Å². The molecular weight excluding hydrogens is 565 g/mol. The first kappa shape index (κ1) is 29.5. The van der Waals surface area contributed by atoms with Crippen molar-refractivity contribution in [1.82, 2.24) is 14.7 Å². The lowest BCUT2D eigenvalue weighted by Crippen LogP contribution is -2.48. The first-order chi connectivity index (χ1) is 21.5. The van der Waals surface area contributed by atoms with Crippen LogP contribution >= 0.6 is 0 Å². The summed E-state index contributed by atoms with van der Waals surface area (Å²) in [5.74, 6) is 3.43. The molecule has 0 atom stereocenters. The SMILES string of the molecule is COc1ccc(CN(Cc2cccc(F)c2)Cc2ccc(C(=O)N3CCN(Cc4ccc5c(c4)OCO5)CC3)o2)cc1OC. The normalized spacial score (nSPS) is 14.7. The Morgan fingerprint density at radius 3 is 2.32 bits per heavy atom. The molecule has 1 fully saturated rings. The Labute approximate surface area is 256 Å². The summed E-state index contributed by atoms with van der Waals surface area (Å²) in [6, 6.07) is 21.9. The van der Waals surface area contributed by atoms with Crippen molar-refractivity contribution in [3.63, 3.8) is 0 Å². The second kappa shape index (κ2) is 13.4. The molecule has 3 aromatic carbocycles. The van der Waals surface area contributed by atoms with Gasteiger partial charge in [0.15, 0.2) is 28.8 Å². The maximum atomic E-state index is 14.0.